The molecular weight excluding hydrogens is 740 g/mol. The Balaban J connectivity index is 0.000000812. The lowest BCUT2D eigenvalue weighted by Crippen LogP contribution is -2.51. The molecule has 0 aliphatic heterocycles. The molecule has 0 heterocycles. The van der Waals surface area contributed by atoms with Gasteiger partial charge in [-0.3, -0.25) is 9.59 Å². The van der Waals surface area contributed by atoms with Crippen molar-refractivity contribution in [2.75, 3.05) is 23.7 Å². The molecule has 0 aliphatic rings. The van der Waals surface area contributed by atoms with Gasteiger partial charge in [0, 0.05) is 22.5 Å². The van der Waals surface area contributed by atoms with Crippen LogP contribution in [0.1, 0.15) is 24.0 Å². The van der Waals surface area contributed by atoms with E-state index >= 15 is 0 Å². The highest BCUT2D eigenvalue weighted by Gasteiger charge is 2.33. The highest BCUT2D eigenvalue weighted by Crippen LogP contribution is 2.39. The Morgan fingerprint density at radius 3 is 1.00 bits per heavy atom. The van der Waals surface area contributed by atoms with Gasteiger partial charge in [-0.2, -0.15) is 52.7 Å². The summed E-state index contributed by atoms with van der Waals surface area (Å²) in [7, 11) is 0. The van der Waals surface area contributed by atoms with Gasteiger partial charge in [0.1, 0.15) is 11.9 Å². The van der Waals surface area contributed by atoms with E-state index in [1.807, 2.05) is 0 Å². The maximum atomic E-state index is 13.4. The second-order valence-electron chi connectivity index (χ2n) is 9.97. The zero-order chi connectivity index (χ0) is 40.2. The molecule has 10 nitrogen and oxygen atoms in total. The van der Waals surface area contributed by atoms with Crippen LogP contribution < -0.4 is 32.3 Å². The molecular formula is C30H26F12N4O6. The first-order chi connectivity index (χ1) is 23.7. The van der Waals surface area contributed by atoms with Crippen LogP contribution in [0.25, 0.3) is 22.3 Å². The van der Waals surface area contributed by atoms with E-state index in [0.29, 0.717) is 24.2 Å². The minimum Gasteiger partial charge on any atom is -0.542 e. The van der Waals surface area contributed by atoms with Gasteiger partial charge in [0.2, 0.25) is 11.8 Å². The average molecular weight is 767 g/mol. The van der Waals surface area contributed by atoms with E-state index in [1.54, 1.807) is 0 Å². The van der Waals surface area contributed by atoms with Crippen LogP contribution in [-0.4, -0.2) is 49.2 Å². The average Bonchev–Trinajstić information content (AvgIpc) is 3.00. The first-order valence-corrected chi connectivity index (χ1v) is 14.0. The highest BCUT2D eigenvalue weighted by molar-refractivity contribution is 5.97. The van der Waals surface area contributed by atoms with Crippen LogP contribution in [0.15, 0.2) is 60.7 Å². The summed E-state index contributed by atoms with van der Waals surface area (Å²) >= 11 is 0. The molecule has 8 N–H and O–H groups in total. The molecule has 52 heavy (non-hydrogen) atoms. The van der Waals surface area contributed by atoms with E-state index in [0.717, 1.165) is 36.4 Å². The molecule has 3 rings (SSSR count). The quantitative estimate of drug-likeness (QED) is 0.255. The number of carboxylic acids is 2. The number of amides is 2. The number of halogens is 12. The molecule has 0 atom stereocenters. The Kier molecular flexibility index (Phi) is 15.6. The van der Waals surface area contributed by atoms with E-state index in [9.17, 15) is 62.3 Å². The smallest absolute Gasteiger partial charge is 0.430 e. The summed E-state index contributed by atoms with van der Waals surface area (Å²) in [5.74, 6) is -6.87. The van der Waals surface area contributed by atoms with Crippen LogP contribution in [0.5, 0.6) is 0 Å². The van der Waals surface area contributed by atoms with Crippen LogP contribution >= 0.6 is 0 Å². The molecule has 0 bridgehead atoms. The number of rotatable bonds is 8. The van der Waals surface area contributed by atoms with Crippen LogP contribution in [0.4, 0.5) is 64.1 Å². The number of quaternary nitrogens is 2. The van der Waals surface area contributed by atoms with Gasteiger partial charge >= 0.3 is 24.7 Å². The van der Waals surface area contributed by atoms with Crippen molar-refractivity contribution in [2.24, 2.45) is 0 Å². The fraction of sp³-hybridized carbons (Fsp3) is 0.267. The molecule has 0 saturated heterocycles. The number of benzene rings is 3. The first kappa shape index (κ1) is 44.6. The number of carbonyl (C=O) groups is 4. The van der Waals surface area contributed by atoms with Gasteiger partial charge in [0.25, 0.3) is 0 Å². The number of alkyl halides is 12. The minimum absolute atomic E-state index is 0.0670. The van der Waals surface area contributed by atoms with Gasteiger partial charge in [-0.15, -0.1) is 0 Å². The largest absolute Gasteiger partial charge is 0.542 e. The fourth-order valence-electron chi connectivity index (χ4n) is 3.71. The van der Waals surface area contributed by atoms with E-state index in [1.165, 1.54) is 24.3 Å². The maximum Gasteiger partial charge on any atom is 0.430 e. The van der Waals surface area contributed by atoms with Crippen molar-refractivity contribution >= 4 is 35.1 Å². The maximum absolute atomic E-state index is 13.4. The van der Waals surface area contributed by atoms with E-state index in [4.69, 9.17) is 19.8 Å². The molecule has 0 fully saturated rings. The van der Waals surface area contributed by atoms with E-state index in [-0.39, 0.29) is 35.3 Å². The van der Waals surface area contributed by atoms with Crippen molar-refractivity contribution in [1.82, 2.24) is 0 Å². The Morgan fingerprint density at radius 2 is 0.788 bits per heavy atom. The summed E-state index contributed by atoms with van der Waals surface area (Å²) in [4.78, 5) is 41.8. The Labute approximate surface area is 284 Å². The third-order valence-corrected chi connectivity index (χ3v) is 6.02. The Bertz CT molecular complexity index is 1580. The van der Waals surface area contributed by atoms with Crippen LogP contribution in [-0.2, 0) is 31.5 Å². The number of hydrogen-bond acceptors (Lipinski definition) is 6. The summed E-state index contributed by atoms with van der Waals surface area (Å²) < 4.78 is 143. The van der Waals surface area contributed by atoms with Crippen LogP contribution in [0.2, 0.25) is 0 Å². The number of anilines is 2. The standard InChI is InChI=1S/C26H24F6N4O2.2C2HF3O2/c27-25(28,29)17-5-7-21(35-23(37)9-11-33)19(13-17)15-1-2-16(4-3-15)20-14-18(26(30,31)32)6-8-22(20)36-24(38)10-12-34;2*3-2(4,5)1(6)7/h1-8,13-14H,9-12,33-34H2,(H,35,37)(H,36,38);2*(H,6,7). The van der Waals surface area contributed by atoms with Gasteiger partial charge in [-0.25, -0.2) is 0 Å². The van der Waals surface area contributed by atoms with Gasteiger partial charge in [-0.05, 0) is 47.5 Å². The topological polar surface area (TPSA) is 194 Å². The second-order valence-corrected chi connectivity index (χ2v) is 9.97. The lowest BCUT2D eigenvalue weighted by Gasteiger charge is -2.17. The van der Waals surface area contributed by atoms with Gasteiger partial charge in [0.05, 0.1) is 37.1 Å². The summed E-state index contributed by atoms with van der Waals surface area (Å²) in [6, 6.07) is 11.5. The summed E-state index contributed by atoms with van der Waals surface area (Å²) in [5, 5.41) is 22.7. The van der Waals surface area contributed by atoms with E-state index in [2.05, 4.69) is 22.1 Å². The number of carboxylic acid groups (broad SMARTS) is 2. The van der Waals surface area contributed by atoms with Gasteiger partial charge in [-0.1, -0.05) is 24.3 Å². The molecule has 3 aromatic carbocycles. The SMILES string of the molecule is O=C([O-])C(F)(F)F.O=C([O-])C(F)(F)F.[NH3+]CCC(=O)Nc1ccc(C(F)(F)F)cc1-c1ccc(-c2cc(C(F)(F)F)ccc2NC(=O)CC[NH3+])cc1. The number of nitrogens with one attached hydrogen (secondary N) is 2. The number of aliphatic carboxylic acids is 2. The van der Waals surface area contributed by atoms with Crippen molar-refractivity contribution in [3.63, 3.8) is 0 Å². The predicted molar refractivity (Wildman–Crippen MR) is 151 cm³/mol. The predicted octanol–water partition coefficient (Wildman–Crippen LogP) is 2.80. The number of carbonyl (C=O) groups excluding carboxylic acids is 4. The monoisotopic (exact) mass is 766 g/mol. The fourth-order valence-corrected chi connectivity index (χ4v) is 3.71. The summed E-state index contributed by atoms with van der Waals surface area (Å²) in [6.45, 7) is 0.586. The van der Waals surface area contributed by atoms with Crippen LogP contribution in [0.3, 0.4) is 0 Å². The van der Waals surface area contributed by atoms with Crippen molar-refractivity contribution in [2.45, 2.75) is 37.5 Å². The van der Waals surface area contributed by atoms with Gasteiger partial charge < -0.3 is 41.9 Å². The molecule has 22 heteroatoms. The summed E-state index contributed by atoms with van der Waals surface area (Å²) in [5.41, 5.74) is 6.33. The Morgan fingerprint density at radius 1 is 0.519 bits per heavy atom. The third-order valence-electron chi connectivity index (χ3n) is 6.02. The zero-order valence-corrected chi connectivity index (χ0v) is 26.0. The molecule has 0 spiro atoms. The summed E-state index contributed by atoms with van der Waals surface area (Å²) in [6.07, 6.45) is -19.5. The highest BCUT2D eigenvalue weighted by atomic mass is 19.4. The molecule has 286 valence electrons. The van der Waals surface area contributed by atoms with Crippen molar-refractivity contribution < 1.29 is 93.5 Å². The van der Waals surface area contributed by atoms with E-state index < -0.39 is 59.6 Å². The molecule has 0 saturated carbocycles. The molecule has 0 unspecified atom stereocenters. The number of hydrogen-bond donors (Lipinski definition) is 4. The molecule has 0 aromatic heterocycles. The molecule has 0 aliphatic carbocycles. The molecule has 2 amide bonds. The Hall–Kier alpha value is -5.38. The van der Waals surface area contributed by atoms with Gasteiger partial charge in [0.15, 0.2) is 0 Å². The van der Waals surface area contributed by atoms with Crippen LogP contribution in [0, 0.1) is 0 Å². The van der Waals surface area contributed by atoms with Crippen molar-refractivity contribution in [3.8, 4) is 22.3 Å². The zero-order valence-electron chi connectivity index (χ0n) is 26.0. The lowest BCUT2D eigenvalue weighted by molar-refractivity contribution is -0.366. The third kappa shape index (κ3) is 14.5. The molecule has 3 aromatic rings. The van der Waals surface area contributed by atoms with Crippen molar-refractivity contribution in [3.05, 3.63) is 71.8 Å². The molecule has 0 radical (unpaired) electrons. The minimum atomic E-state index is -5.19. The first-order valence-electron chi connectivity index (χ1n) is 14.0. The lowest BCUT2D eigenvalue weighted by atomic mass is 9.95. The van der Waals surface area contributed by atoms with Crippen molar-refractivity contribution in [1.29, 1.82) is 0 Å². The normalized spacial score (nSPS) is 11.7. The second kappa shape index (κ2) is 18.2.